The first-order valence-corrected chi connectivity index (χ1v) is 16.8. The van der Waals surface area contributed by atoms with Crippen molar-refractivity contribution in [2.45, 2.75) is 57.6 Å². The summed E-state index contributed by atoms with van der Waals surface area (Å²) in [7, 11) is -4.20. The van der Waals surface area contributed by atoms with Crippen molar-refractivity contribution in [2.24, 2.45) is 0 Å². The zero-order valence-electron chi connectivity index (χ0n) is 25.7. The molecule has 1 N–H and O–H groups in total. The number of hydrogen-bond donors (Lipinski definition) is 1. The van der Waals surface area contributed by atoms with E-state index in [9.17, 15) is 18.0 Å². The van der Waals surface area contributed by atoms with E-state index in [0.29, 0.717) is 21.3 Å². The van der Waals surface area contributed by atoms with Gasteiger partial charge in [0.2, 0.25) is 11.8 Å². The van der Waals surface area contributed by atoms with Crippen molar-refractivity contribution in [3.8, 4) is 0 Å². The Kier molecular flexibility index (Phi) is 11.3. The Morgan fingerprint density at radius 1 is 0.800 bits per heavy atom. The molecule has 0 spiro atoms. The van der Waals surface area contributed by atoms with Crippen LogP contribution in [0.25, 0.3) is 0 Å². The molecule has 1 atom stereocenters. The first kappa shape index (κ1) is 34.0. The van der Waals surface area contributed by atoms with Crippen LogP contribution in [0.3, 0.4) is 0 Å². The predicted molar refractivity (Wildman–Crippen MR) is 181 cm³/mol. The van der Waals surface area contributed by atoms with Gasteiger partial charge >= 0.3 is 0 Å². The lowest BCUT2D eigenvalue weighted by Gasteiger charge is -2.34. The first-order valence-electron chi connectivity index (χ1n) is 14.6. The second-order valence-electron chi connectivity index (χ2n) is 11.3. The minimum absolute atomic E-state index is 0.0380. The summed E-state index contributed by atoms with van der Waals surface area (Å²) < 4.78 is 29.4. The maximum absolute atomic E-state index is 14.6. The molecule has 236 valence electrons. The largest absolute Gasteiger partial charge is 0.352 e. The number of halogens is 2. The molecule has 10 heteroatoms. The number of rotatable bonds is 12. The second kappa shape index (κ2) is 15.0. The summed E-state index contributed by atoms with van der Waals surface area (Å²) in [5.74, 6) is -0.973. The van der Waals surface area contributed by atoms with Crippen LogP contribution >= 0.6 is 23.2 Å². The summed E-state index contributed by atoms with van der Waals surface area (Å²) in [6, 6.07) is 26.5. The molecule has 0 aromatic heterocycles. The number of anilines is 1. The van der Waals surface area contributed by atoms with Gasteiger partial charge < -0.3 is 10.2 Å². The van der Waals surface area contributed by atoms with E-state index >= 15 is 0 Å². The topological polar surface area (TPSA) is 86.8 Å². The van der Waals surface area contributed by atoms with Crippen molar-refractivity contribution < 1.29 is 18.0 Å². The van der Waals surface area contributed by atoms with E-state index in [1.807, 2.05) is 64.1 Å². The Morgan fingerprint density at radius 3 is 1.91 bits per heavy atom. The van der Waals surface area contributed by atoms with Crippen LogP contribution in [0, 0.1) is 13.8 Å². The molecular formula is C35H37Cl2N3O4S. The first-order chi connectivity index (χ1) is 21.4. The highest BCUT2D eigenvalue weighted by Crippen LogP contribution is 2.30. The van der Waals surface area contributed by atoms with Crippen molar-refractivity contribution in [1.29, 1.82) is 0 Å². The number of amides is 2. The van der Waals surface area contributed by atoms with Gasteiger partial charge in [0.1, 0.15) is 12.6 Å². The fourth-order valence-corrected chi connectivity index (χ4v) is 7.07. The van der Waals surface area contributed by atoms with E-state index in [0.717, 1.165) is 21.0 Å². The Morgan fingerprint density at radius 2 is 1.36 bits per heavy atom. The smallest absolute Gasteiger partial charge is 0.264 e. The van der Waals surface area contributed by atoms with Gasteiger partial charge in [-0.1, -0.05) is 83.9 Å². The molecule has 0 saturated carbocycles. The molecule has 0 bridgehead atoms. The van der Waals surface area contributed by atoms with Crippen LogP contribution in [-0.2, 0) is 32.6 Å². The third kappa shape index (κ3) is 8.66. The summed E-state index contributed by atoms with van der Waals surface area (Å²) in [4.78, 5) is 29.8. The summed E-state index contributed by atoms with van der Waals surface area (Å²) >= 11 is 13.1. The monoisotopic (exact) mass is 665 g/mol. The van der Waals surface area contributed by atoms with Gasteiger partial charge in [0.15, 0.2) is 0 Å². The molecule has 4 aromatic rings. The zero-order valence-corrected chi connectivity index (χ0v) is 28.0. The van der Waals surface area contributed by atoms with Gasteiger partial charge in [-0.3, -0.25) is 13.9 Å². The predicted octanol–water partition coefficient (Wildman–Crippen LogP) is 6.97. The molecule has 0 heterocycles. The lowest BCUT2D eigenvalue weighted by atomic mass is 10.0. The molecule has 0 fully saturated rings. The third-order valence-electron chi connectivity index (χ3n) is 7.20. The molecule has 4 rings (SSSR count). The highest BCUT2D eigenvalue weighted by molar-refractivity contribution is 7.92. The minimum Gasteiger partial charge on any atom is -0.352 e. The normalized spacial score (nSPS) is 12.1. The number of sulfonamides is 1. The standard InChI is InChI=1S/C35H37Cl2N3O4S/c1-24(2)38-35(42)33(21-27-12-7-5-8-13-27)39(22-30-31(36)16-11-17-32(30)37)34(41)23-40(28-19-25(3)18-26(4)20-28)45(43,44)29-14-9-6-10-15-29/h5-20,24,33H,21-23H2,1-4H3,(H,38,42). The van der Waals surface area contributed by atoms with Crippen LogP contribution in [0.15, 0.2) is 102 Å². The van der Waals surface area contributed by atoms with Crippen molar-refractivity contribution >= 4 is 50.7 Å². The lowest BCUT2D eigenvalue weighted by molar-refractivity contribution is -0.140. The summed E-state index contributed by atoms with van der Waals surface area (Å²) in [5.41, 5.74) is 3.29. The van der Waals surface area contributed by atoms with Crippen LogP contribution in [0.4, 0.5) is 5.69 Å². The van der Waals surface area contributed by atoms with Gasteiger partial charge in [-0.2, -0.15) is 0 Å². The van der Waals surface area contributed by atoms with E-state index in [-0.39, 0.29) is 29.8 Å². The van der Waals surface area contributed by atoms with Crippen molar-refractivity contribution in [3.63, 3.8) is 0 Å². The van der Waals surface area contributed by atoms with E-state index in [4.69, 9.17) is 23.2 Å². The van der Waals surface area contributed by atoms with Gasteiger partial charge in [-0.25, -0.2) is 8.42 Å². The van der Waals surface area contributed by atoms with Crippen LogP contribution in [-0.4, -0.2) is 43.8 Å². The maximum atomic E-state index is 14.6. The quantitative estimate of drug-likeness (QED) is 0.177. The maximum Gasteiger partial charge on any atom is 0.264 e. The van der Waals surface area contributed by atoms with Gasteiger partial charge in [-0.15, -0.1) is 0 Å². The van der Waals surface area contributed by atoms with Gasteiger partial charge in [0.25, 0.3) is 10.0 Å². The average Bonchev–Trinajstić information content (AvgIpc) is 2.99. The molecule has 4 aromatic carbocycles. The number of carbonyl (C=O) groups excluding carboxylic acids is 2. The number of aryl methyl sites for hydroxylation is 2. The van der Waals surface area contributed by atoms with Gasteiger partial charge in [-0.05, 0) is 80.8 Å². The van der Waals surface area contributed by atoms with Gasteiger partial charge in [0.05, 0.1) is 10.6 Å². The molecule has 1 unspecified atom stereocenters. The van der Waals surface area contributed by atoms with Crippen molar-refractivity contribution in [3.05, 3.63) is 129 Å². The fraction of sp³-hybridized carbons (Fsp3) is 0.257. The molecule has 2 amide bonds. The Balaban J connectivity index is 1.86. The van der Waals surface area contributed by atoms with Crippen LogP contribution in [0.5, 0.6) is 0 Å². The Labute approximate surface area is 275 Å². The number of hydrogen-bond acceptors (Lipinski definition) is 4. The lowest BCUT2D eigenvalue weighted by Crippen LogP contribution is -2.54. The van der Waals surface area contributed by atoms with E-state index < -0.39 is 28.5 Å². The highest BCUT2D eigenvalue weighted by Gasteiger charge is 2.35. The Hall–Kier alpha value is -3.85. The summed E-state index contributed by atoms with van der Waals surface area (Å²) in [6.45, 7) is 6.72. The molecule has 0 saturated heterocycles. The summed E-state index contributed by atoms with van der Waals surface area (Å²) in [6.07, 6.45) is 0.183. The molecule has 7 nitrogen and oxygen atoms in total. The average molecular weight is 667 g/mol. The number of nitrogens with zero attached hydrogens (tertiary/aromatic N) is 2. The molecule has 0 aliphatic heterocycles. The van der Waals surface area contributed by atoms with E-state index in [2.05, 4.69) is 5.32 Å². The highest BCUT2D eigenvalue weighted by atomic mass is 35.5. The molecule has 0 radical (unpaired) electrons. The number of carbonyl (C=O) groups is 2. The minimum atomic E-state index is -4.20. The van der Waals surface area contributed by atoms with Crippen molar-refractivity contribution in [2.75, 3.05) is 10.8 Å². The van der Waals surface area contributed by atoms with E-state index in [1.165, 1.54) is 17.0 Å². The van der Waals surface area contributed by atoms with Crippen molar-refractivity contribution in [1.82, 2.24) is 10.2 Å². The molecule has 0 aliphatic rings. The van der Waals surface area contributed by atoms with Crippen LogP contribution < -0.4 is 9.62 Å². The second-order valence-corrected chi connectivity index (χ2v) is 13.9. The van der Waals surface area contributed by atoms with E-state index in [1.54, 1.807) is 48.5 Å². The Bertz CT molecular complexity index is 1710. The number of nitrogens with one attached hydrogen (secondary N) is 1. The van der Waals surface area contributed by atoms with Crippen LogP contribution in [0.1, 0.15) is 36.1 Å². The van der Waals surface area contributed by atoms with Crippen LogP contribution in [0.2, 0.25) is 10.0 Å². The molecule has 0 aliphatic carbocycles. The SMILES string of the molecule is Cc1cc(C)cc(N(CC(=O)N(Cc2c(Cl)cccc2Cl)C(Cc2ccccc2)C(=O)NC(C)C)S(=O)(=O)c2ccccc2)c1. The zero-order chi connectivity index (χ0) is 32.7. The van der Waals surface area contributed by atoms with Gasteiger partial charge in [0, 0.05) is 34.6 Å². The summed E-state index contributed by atoms with van der Waals surface area (Å²) in [5, 5.41) is 3.59. The molecular weight excluding hydrogens is 629 g/mol. The molecule has 45 heavy (non-hydrogen) atoms. The third-order valence-corrected chi connectivity index (χ3v) is 9.69. The number of benzene rings is 4. The fourth-order valence-electron chi connectivity index (χ4n) is 5.13.